The molecule has 0 bridgehead atoms. The Labute approximate surface area is 144 Å². The third-order valence-corrected chi connectivity index (χ3v) is 5.05. The first-order valence-corrected chi connectivity index (χ1v) is 8.69. The van der Waals surface area contributed by atoms with Crippen molar-refractivity contribution >= 4 is 32.6 Å². The summed E-state index contributed by atoms with van der Waals surface area (Å²) in [6.45, 7) is 1.85. The summed E-state index contributed by atoms with van der Waals surface area (Å²) in [4.78, 5) is 4.23. The zero-order valence-corrected chi connectivity index (χ0v) is 14.1. The first kappa shape index (κ1) is 16.2. The maximum Gasteiger partial charge on any atom is 0.339 e. The fourth-order valence-corrected chi connectivity index (χ4v) is 3.71. The summed E-state index contributed by atoms with van der Waals surface area (Å²) in [6, 6.07) is 12.5. The van der Waals surface area contributed by atoms with Gasteiger partial charge in [0, 0.05) is 11.6 Å². The van der Waals surface area contributed by atoms with Gasteiger partial charge in [-0.25, -0.2) is 0 Å². The van der Waals surface area contributed by atoms with Gasteiger partial charge in [-0.1, -0.05) is 17.7 Å². The van der Waals surface area contributed by atoms with Crippen molar-refractivity contribution in [3.05, 3.63) is 64.8 Å². The van der Waals surface area contributed by atoms with Gasteiger partial charge < -0.3 is 4.18 Å². The average Bonchev–Trinajstić information content (AvgIpc) is 2.57. The molecule has 0 unspecified atom stereocenters. The predicted octanol–water partition coefficient (Wildman–Crippen LogP) is 3.84. The second kappa shape index (κ2) is 6.11. The number of pyridine rings is 1. The summed E-state index contributed by atoms with van der Waals surface area (Å²) in [6.07, 6.45) is 1.60. The zero-order valence-electron chi connectivity index (χ0n) is 12.5. The van der Waals surface area contributed by atoms with Crippen molar-refractivity contribution in [2.75, 3.05) is 0 Å². The molecule has 5 nitrogen and oxygen atoms in total. The molecule has 24 heavy (non-hydrogen) atoms. The van der Waals surface area contributed by atoms with E-state index in [-0.39, 0.29) is 15.7 Å². The predicted molar refractivity (Wildman–Crippen MR) is 90.5 cm³/mol. The topological polar surface area (TPSA) is 80.0 Å². The van der Waals surface area contributed by atoms with Crippen LogP contribution in [0.5, 0.6) is 5.75 Å². The third-order valence-electron chi connectivity index (χ3n) is 3.46. The van der Waals surface area contributed by atoms with E-state index in [4.69, 9.17) is 21.0 Å². The largest absolute Gasteiger partial charge is 0.377 e. The SMILES string of the molecule is Cc1ccc(S(=O)(=O)Oc2ccc(C#N)cc2Cl)c2cccnc12. The van der Waals surface area contributed by atoms with Gasteiger partial charge >= 0.3 is 10.1 Å². The number of rotatable bonds is 3. The van der Waals surface area contributed by atoms with Crippen LogP contribution < -0.4 is 4.18 Å². The third kappa shape index (κ3) is 2.92. The summed E-state index contributed by atoms with van der Waals surface area (Å²) >= 11 is 5.99. The van der Waals surface area contributed by atoms with Crippen LogP contribution in [-0.2, 0) is 10.1 Å². The molecule has 120 valence electrons. The van der Waals surface area contributed by atoms with Gasteiger partial charge in [-0.2, -0.15) is 13.7 Å². The first-order valence-electron chi connectivity index (χ1n) is 6.91. The summed E-state index contributed by atoms with van der Waals surface area (Å²) in [5.41, 5.74) is 1.77. The highest BCUT2D eigenvalue weighted by Gasteiger charge is 2.22. The molecular formula is C17H11ClN2O3S. The van der Waals surface area contributed by atoms with Gasteiger partial charge in [0.1, 0.15) is 4.90 Å². The summed E-state index contributed by atoms with van der Waals surface area (Å²) in [7, 11) is -4.11. The Hall–Kier alpha value is -2.62. The second-order valence-electron chi connectivity index (χ2n) is 5.07. The van der Waals surface area contributed by atoms with Gasteiger partial charge in [-0.05, 0) is 48.9 Å². The molecule has 0 aliphatic heterocycles. The smallest absolute Gasteiger partial charge is 0.339 e. The molecule has 1 aromatic heterocycles. The van der Waals surface area contributed by atoms with E-state index in [2.05, 4.69) is 4.98 Å². The van der Waals surface area contributed by atoms with Crippen molar-refractivity contribution in [2.45, 2.75) is 11.8 Å². The minimum atomic E-state index is -4.11. The van der Waals surface area contributed by atoms with Crippen molar-refractivity contribution in [2.24, 2.45) is 0 Å². The molecule has 0 saturated heterocycles. The van der Waals surface area contributed by atoms with Gasteiger partial charge in [-0.15, -0.1) is 0 Å². The standard InChI is InChI=1S/C17H11ClN2O3S/c1-11-4-7-16(13-3-2-8-20-17(11)13)24(21,22)23-15-6-5-12(10-19)9-14(15)18/h2-9H,1H3. The fourth-order valence-electron chi connectivity index (χ4n) is 2.31. The van der Waals surface area contributed by atoms with Crippen LogP contribution >= 0.6 is 11.6 Å². The molecule has 0 radical (unpaired) electrons. The summed E-state index contributed by atoms with van der Waals surface area (Å²) < 4.78 is 30.5. The monoisotopic (exact) mass is 358 g/mol. The Bertz CT molecular complexity index is 1090. The Balaban J connectivity index is 2.10. The van der Waals surface area contributed by atoms with Crippen molar-refractivity contribution < 1.29 is 12.6 Å². The minimum Gasteiger partial charge on any atom is -0.377 e. The van der Waals surface area contributed by atoms with Crippen molar-refractivity contribution in [3.63, 3.8) is 0 Å². The van der Waals surface area contributed by atoms with Gasteiger partial charge in [0.15, 0.2) is 5.75 Å². The van der Waals surface area contributed by atoms with Crippen LogP contribution in [0.4, 0.5) is 0 Å². The molecule has 0 aliphatic carbocycles. The molecular weight excluding hydrogens is 348 g/mol. The number of benzene rings is 2. The average molecular weight is 359 g/mol. The highest BCUT2D eigenvalue weighted by Crippen LogP contribution is 2.31. The Morgan fingerprint density at radius 2 is 2.00 bits per heavy atom. The Morgan fingerprint density at radius 3 is 2.71 bits per heavy atom. The number of hydrogen-bond donors (Lipinski definition) is 0. The minimum absolute atomic E-state index is 0.0108. The molecule has 0 saturated carbocycles. The van der Waals surface area contributed by atoms with Crippen LogP contribution in [0.1, 0.15) is 11.1 Å². The lowest BCUT2D eigenvalue weighted by atomic mass is 10.1. The van der Waals surface area contributed by atoms with Crippen LogP contribution in [-0.4, -0.2) is 13.4 Å². The first-order chi connectivity index (χ1) is 11.4. The molecule has 0 atom stereocenters. The van der Waals surface area contributed by atoms with Gasteiger partial charge in [0.05, 0.1) is 22.2 Å². The molecule has 0 aliphatic rings. The zero-order chi connectivity index (χ0) is 17.3. The number of fused-ring (bicyclic) bond motifs is 1. The van der Waals surface area contributed by atoms with Crippen molar-refractivity contribution in [1.82, 2.24) is 4.98 Å². The Morgan fingerprint density at radius 1 is 1.21 bits per heavy atom. The maximum atomic E-state index is 12.7. The molecule has 3 aromatic rings. The molecule has 3 rings (SSSR count). The van der Waals surface area contributed by atoms with E-state index in [1.54, 1.807) is 24.4 Å². The van der Waals surface area contributed by atoms with E-state index in [0.717, 1.165) is 5.56 Å². The number of halogens is 1. The highest BCUT2D eigenvalue weighted by atomic mass is 35.5. The van der Waals surface area contributed by atoms with E-state index in [1.807, 2.05) is 13.0 Å². The van der Waals surface area contributed by atoms with Gasteiger partial charge in [-0.3, -0.25) is 4.98 Å². The summed E-state index contributed by atoms with van der Waals surface area (Å²) in [5, 5.41) is 9.36. The van der Waals surface area contributed by atoms with Crippen molar-refractivity contribution in [1.29, 1.82) is 5.26 Å². The maximum absolute atomic E-state index is 12.7. The lowest BCUT2D eigenvalue weighted by Crippen LogP contribution is -2.11. The molecule has 0 spiro atoms. The molecule has 1 heterocycles. The van der Waals surface area contributed by atoms with Crippen LogP contribution in [0, 0.1) is 18.3 Å². The lowest BCUT2D eigenvalue weighted by Gasteiger charge is -2.11. The summed E-state index contributed by atoms with van der Waals surface area (Å²) in [5.74, 6) is -0.0340. The van der Waals surface area contributed by atoms with E-state index in [1.165, 1.54) is 24.3 Å². The Kier molecular flexibility index (Phi) is 4.14. The normalized spacial score (nSPS) is 11.2. The van der Waals surface area contributed by atoms with Gasteiger partial charge in [0.2, 0.25) is 0 Å². The van der Waals surface area contributed by atoms with E-state index in [0.29, 0.717) is 16.5 Å². The quantitative estimate of drug-likeness (QED) is 0.664. The molecule has 0 fully saturated rings. The lowest BCUT2D eigenvalue weighted by molar-refractivity contribution is 0.487. The second-order valence-corrected chi connectivity index (χ2v) is 7.00. The molecule has 0 N–H and O–H groups in total. The molecule has 2 aromatic carbocycles. The number of nitrogens with zero attached hydrogens (tertiary/aromatic N) is 2. The number of hydrogen-bond acceptors (Lipinski definition) is 5. The molecule has 7 heteroatoms. The van der Waals surface area contributed by atoms with Crippen LogP contribution in [0.15, 0.2) is 53.6 Å². The van der Waals surface area contributed by atoms with Crippen LogP contribution in [0.25, 0.3) is 10.9 Å². The van der Waals surface area contributed by atoms with E-state index < -0.39 is 10.1 Å². The number of aryl methyl sites for hydroxylation is 1. The van der Waals surface area contributed by atoms with Crippen LogP contribution in [0.3, 0.4) is 0 Å². The van der Waals surface area contributed by atoms with Crippen molar-refractivity contribution in [3.8, 4) is 11.8 Å². The van der Waals surface area contributed by atoms with Gasteiger partial charge in [0.25, 0.3) is 0 Å². The number of aromatic nitrogens is 1. The van der Waals surface area contributed by atoms with E-state index in [9.17, 15) is 8.42 Å². The fraction of sp³-hybridized carbons (Fsp3) is 0.0588. The highest BCUT2D eigenvalue weighted by molar-refractivity contribution is 7.87. The van der Waals surface area contributed by atoms with Crippen LogP contribution in [0.2, 0.25) is 5.02 Å². The molecule has 0 amide bonds. The van der Waals surface area contributed by atoms with E-state index >= 15 is 0 Å². The number of nitriles is 1.